The van der Waals surface area contributed by atoms with E-state index in [2.05, 4.69) is 11.8 Å². The first-order chi connectivity index (χ1) is 12.4. The van der Waals surface area contributed by atoms with Crippen LogP contribution in [0.5, 0.6) is 5.75 Å². The number of hydrogen-bond acceptors (Lipinski definition) is 4. The van der Waals surface area contributed by atoms with Crippen molar-refractivity contribution in [2.45, 2.75) is 39.2 Å². The maximum Gasteiger partial charge on any atom is 0.253 e. The summed E-state index contributed by atoms with van der Waals surface area (Å²) in [5.41, 5.74) is 1.48. The molecule has 0 saturated heterocycles. The van der Waals surface area contributed by atoms with Gasteiger partial charge in [0.25, 0.3) is 5.91 Å². The van der Waals surface area contributed by atoms with Crippen LogP contribution in [0.1, 0.15) is 43.5 Å². The van der Waals surface area contributed by atoms with Crippen LogP contribution in [-0.2, 0) is 4.79 Å². The maximum absolute atomic E-state index is 12.7. The Morgan fingerprint density at radius 2 is 2.00 bits per heavy atom. The summed E-state index contributed by atoms with van der Waals surface area (Å²) in [6, 6.07) is 5.43. The number of fused-ring (bicyclic) bond motifs is 1. The van der Waals surface area contributed by atoms with Gasteiger partial charge in [-0.3, -0.25) is 9.59 Å². The number of carbonyl (C=O) groups is 2. The molecule has 1 aliphatic heterocycles. The molecule has 2 amide bonds. The average Bonchev–Trinajstić information content (AvgIpc) is 2.63. The summed E-state index contributed by atoms with van der Waals surface area (Å²) in [5, 5.41) is 0. The molecule has 6 nitrogen and oxygen atoms in total. The summed E-state index contributed by atoms with van der Waals surface area (Å²) in [6.45, 7) is 6.16. The number of amides is 2. The van der Waals surface area contributed by atoms with Crippen molar-refractivity contribution in [3.05, 3.63) is 23.8 Å². The molecule has 6 heteroatoms. The zero-order chi connectivity index (χ0) is 19.3. The highest BCUT2D eigenvalue weighted by molar-refractivity contribution is 5.95. The molecular weight excluding hydrogens is 330 g/mol. The highest BCUT2D eigenvalue weighted by atomic mass is 16.5. The lowest BCUT2D eigenvalue weighted by Gasteiger charge is -2.36. The Labute approximate surface area is 156 Å². The van der Waals surface area contributed by atoms with Crippen molar-refractivity contribution >= 4 is 17.5 Å². The second-order valence-electron chi connectivity index (χ2n) is 6.99. The summed E-state index contributed by atoms with van der Waals surface area (Å²) in [7, 11) is 5.43. The quantitative estimate of drug-likeness (QED) is 0.749. The Morgan fingerprint density at radius 1 is 1.27 bits per heavy atom. The van der Waals surface area contributed by atoms with Gasteiger partial charge in [0.05, 0.1) is 18.2 Å². The first kappa shape index (κ1) is 20.1. The van der Waals surface area contributed by atoms with E-state index in [0.29, 0.717) is 18.6 Å². The number of rotatable bonds is 7. The lowest BCUT2D eigenvalue weighted by atomic mass is 10.1. The third-order valence-electron chi connectivity index (χ3n) is 4.90. The predicted octanol–water partition coefficient (Wildman–Crippen LogP) is 2.62. The van der Waals surface area contributed by atoms with Crippen LogP contribution in [0.15, 0.2) is 18.2 Å². The second-order valence-corrected chi connectivity index (χ2v) is 6.99. The van der Waals surface area contributed by atoms with E-state index in [0.717, 1.165) is 37.4 Å². The van der Waals surface area contributed by atoms with Crippen LogP contribution in [0.2, 0.25) is 0 Å². The van der Waals surface area contributed by atoms with Gasteiger partial charge >= 0.3 is 0 Å². The standard InChI is InChI=1S/C20H31N3O3/c1-6-8-11-23(7-2)19(24)13-16-14-26-18-10-9-15(20(25)21(3)4)12-17(18)22(16)5/h9-10,12,16H,6-8,11,13-14H2,1-5H3/t16-/m1/s1. The number of likely N-dealkylation sites (N-methyl/N-ethyl adjacent to an activating group) is 1. The van der Waals surface area contributed by atoms with Crippen molar-refractivity contribution in [2.75, 3.05) is 45.7 Å². The van der Waals surface area contributed by atoms with Crippen molar-refractivity contribution in [3.63, 3.8) is 0 Å². The van der Waals surface area contributed by atoms with Crippen molar-refractivity contribution in [1.29, 1.82) is 0 Å². The van der Waals surface area contributed by atoms with Crippen molar-refractivity contribution < 1.29 is 14.3 Å². The largest absolute Gasteiger partial charge is 0.489 e. The maximum atomic E-state index is 12.7. The van der Waals surface area contributed by atoms with E-state index in [9.17, 15) is 9.59 Å². The summed E-state index contributed by atoms with van der Waals surface area (Å²) < 4.78 is 5.86. The highest BCUT2D eigenvalue weighted by Crippen LogP contribution is 2.34. The van der Waals surface area contributed by atoms with Gasteiger partial charge in [0.1, 0.15) is 12.4 Å². The molecule has 1 aromatic carbocycles. The van der Waals surface area contributed by atoms with Gasteiger partial charge in [-0.25, -0.2) is 0 Å². The molecule has 0 radical (unpaired) electrons. The molecule has 0 saturated carbocycles. The van der Waals surface area contributed by atoms with Crippen LogP contribution in [0.4, 0.5) is 5.69 Å². The normalized spacial score (nSPS) is 15.9. The fourth-order valence-corrected chi connectivity index (χ4v) is 3.14. The highest BCUT2D eigenvalue weighted by Gasteiger charge is 2.29. The number of nitrogens with zero attached hydrogens (tertiary/aromatic N) is 3. The fraction of sp³-hybridized carbons (Fsp3) is 0.600. The van der Waals surface area contributed by atoms with Crippen molar-refractivity contribution in [1.82, 2.24) is 9.80 Å². The van der Waals surface area contributed by atoms with Crippen LogP contribution in [-0.4, -0.2) is 68.5 Å². The van der Waals surface area contributed by atoms with Crippen molar-refractivity contribution in [3.8, 4) is 5.75 Å². The van der Waals surface area contributed by atoms with E-state index in [4.69, 9.17) is 4.74 Å². The molecule has 0 spiro atoms. The molecule has 0 N–H and O–H groups in total. The molecule has 1 atom stereocenters. The third-order valence-corrected chi connectivity index (χ3v) is 4.90. The Hall–Kier alpha value is -2.24. The van der Waals surface area contributed by atoms with E-state index >= 15 is 0 Å². The van der Waals surface area contributed by atoms with Crippen LogP contribution >= 0.6 is 0 Å². The van der Waals surface area contributed by atoms with E-state index in [1.807, 2.05) is 31.0 Å². The molecule has 2 rings (SSSR count). The topological polar surface area (TPSA) is 53.1 Å². The van der Waals surface area contributed by atoms with E-state index < -0.39 is 0 Å². The summed E-state index contributed by atoms with van der Waals surface area (Å²) in [4.78, 5) is 30.4. The molecule has 1 aliphatic rings. The predicted molar refractivity (Wildman–Crippen MR) is 104 cm³/mol. The summed E-state index contributed by atoms with van der Waals surface area (Å²) in [5.74, 6) is 0.867. The number of unbranched alkanes of at least 4 members (excludes halogenated alkanes) is 1. The SMILES string of the molecule is CCCCN(CC)C(=O)C[C@@H]1COc2ccc(C(=O)N(C)C)cc2N1C. The molecule has 1 heterocycles. The monoisotopic (exact) mass is 361 g/mol. The summed E-state index contributed by atoms with van der Waals surface area (Å²) in [6.07, 6.45) is 2.51. The van der Waals surface area contributed by atoms with Crippen LogP contribution < -0.4 is 9.64 Å². The Balaban J connectivity index is 2.12. The fourth-order valence-electron chi connectivity index (χ4n) is 3.14. The molecule has 0 fully saturated rings. The Bertz CT molecular complexity index is 645. The van der Waals surface area contributed by atoms with Gasteiger partial charge in [-0.2, -0.15) is 0 Å². The van der Waals surface area contributed by atoms with Gasteiger partial charge in [0.2, 0.25) is 5.91 Å². The molecule has 0 aromatic heterocycles. The first-order valence-electron chi connectivity index (χ1n) is 9.38. The zero-order valence-corrected chi connectivity index (χ0v) is 16.6. The smallest absolute Gasteiger partial charge is 0.253 e. The molecule has 0 bridgehead atoms. The molecular formula is C20H31N3O3. The van der Waals surface area contributed by atoms with E-state index in [-0.39, 0.29) is 17.9 Å². The number of ether oxygens (including phenoxy) is 1. The first-order valence-corrected chi connectivity index (χ1v) is 9.38. The minimum atomic E-state index is -0.0453. The lowest BCUT2D eigenvalue weighted by Crippen LogP contribution is -2.45. The second kappa shape index (κ2) is 8.92. The number of hydrogen-bond donors (Lipinski definition) is 0. The number of benzene rings is 1. The van der Waals surface area contributed by atoms with Crippen LogP contribution in [0.25, 0.3) is 0 Å². The molecule has 0 unspecified atom stereocenters. The van der Waals surface area contributed by atoms with Gasteiger partial charge < -0.3 is 19.4 Å². The van der Waals surface area contributed by atoms with E-state index in [1.54, 1.807) is 25.1 Å². The van der Waals surface area contributed by atoms with Crippen molar-refractivity contribution in [2.24, 2.45) is 0 Å². The van der Waals surface area contributed by atoms with Gasteiger partial charge in [0, 0.05) is 39.8 Å². The minimum Gasteiger partial charge on any atom is -0.489 e. The van der Waals surface area contributed by atoms with Gasteiger partial charge in [-0.1, -0.05) is 13.3 Å². The summed E-state index contributed by atoms with van der Waals surface area (Å²) >= 11 is 0. The van der Waals surface area contributed by atoms with Gasteiger partial charge in [0.15, 0.2) is 0 Å². The van der Waals surface area contributed by atoms with Gasteiger partial charge in [-0.05, 0) is 31.5 Å². The number of carbonyl (C=O) groups excluding carboxylic acids is 2. The third kappa shape index (κ3) is 4.48. The molecule has 144 valence electrons. The average molecular weight is 361 g/mol. The lowest BCUT2D eigenvalue weighted by molar-refractivity contribution is -0.131. The molecule has 26 heavy (non-hydrogen) atoms. The van der Waals surface area contributed by atoms with E-state index in [1.165, 1.54) is 0 Å². The van der Waals surface area contributed by atoms with Crippen LogP contribution in [0.3, 0.4) is 0 Å². The van der Waals surface area contributed by atoms with Crippen LogP contribution in [0, 0.1) is 0 Å². The molecule has 1 aromatic rings. The minimum absolute atomic E-state index is 0.0321. The van der Waals surface area contributed by atoms with Gasteiger partial charge in [-0.15, -0.1) is 0 Å². The molecule has 0 aliphatic carbocycles. The zero-order valence-electron chi connectivity index (χ0n) is 16.6. The Kier molecular flexibility index (Phi) is 6.89. The number of anilines is 1. The Morgan fingerprint density at radius 3 is 2.62 bits per heavy atom.